The normalized spacial score (nSPS) is 15.9. The number of fused-ring (bicyclic) bond motifs is 3. The van der Waals surface area contributed by atoms with Gasteiger partial charge < -0.3 is 18.6 Å². The van der Waals surface area contributed by atoms with Gasteiger partial charge in [-0.1, -0.05) is 93.7 Å². The number of benzene rings is 2. The zero-order valence-corrected chi connectivity index (χ0v) is 23.5. The van der Waals surface area contributed by atoms with E-state index >= 15 is 0 Å². The maximum Gasteiger partial charge on any atom is 0.494 e. The highest BCUT2D eigenvalue weighted by atomic mass is 16.6. The molecule has 0 bridgehead atoms. The molecule has 2 aromatic rings. The average Bonchev–Trinajstić information content (AvgIpc) is 3.76. The van der Waals surface area contributed by atoms with Crippen molar-refractivity contribution < 1.29 is 18.6 Å². The van der Waals surface area contributed by atoms with Crippen molar-refractivity contribution in [3.05, 3.63) is 47.5 Å². The fourth-order valence-corrected chi connectivity index (χ4v) is 5.80. The SMILES string of the molecule is CC#CC#CC#CC#CC1(CCCCCCCC)c2cc(B3OCCO3)ccc2-c2ccc(B3OCCO3)cc21. The molecule has 2 aliphatic heterocycles. The van der Waals surface area contributed by atoms with E-state index in [0.29, 0.717) is 26.4 Å². The summed E-state index contributed by atoms with van der Waals surface area (Å²) in [4.78, 5) is 0. The summed E-state index contributed by atoms with van der Waals surface area (Å²) in [6, 6.07) is 13.1. The minimum Gasteiger partial charge on any atom is -0.405 e. The van der Waals surface area contributed by atoms with Gasteiger partial charge in [0.15, 0.2) is 0 Å². The molecule has 40 heavy (non-hydrogen) atoms. The predicted octanol–water partition coefficient (Wildman–Crippen LogP) is 4.22. The lowest BCUT2D eigenvalue weighted by atomic mass is 9.69. The zero-order chi connectivity index (χ0) is 27.6. The van der Waals surface area contributed by atoms with Gasteiger partial charge in [0.2, 0.25) is 0 Å². The molecule has 0 unspecified atom stereocenters. The van der Waals surface area contributed by atoms with Crippen molar-refractivity contribution in [1.82, 2.24) is 0 Å². The highest BCUT2D eigenvalue weighted by Crippen LogP contribution is 2.51. The molecular formula is C34H34B2O4. The molecule has 2 saturated heterocycles. The van der Waals surface area contributed by atoms with E-state index in [9.17, 15) is 0 Å². The third kappa shape index (κ3) is 6.18. The fraction of sp³-hybridized carbons (Fsp3) is 0.412. The summed E-state index contributed by atoms with van der Waals surface area (Å²) in [5, 5.41) is 0. The van der Waals surface area contributed by atoms with Gasteiger partial charge in [-0.3, -0.25) is 0 Å². The number of hydrogen-bond donors (Lipinski definition) is 0. The summed E-state index contributed by atoms with van der Waals surface area (Å²) in [7, 11) is -0.696. The molecule has 200 valence electrons. The Morgan fingerprint density at radius 2 is 1.15 bits per heavy atom. The third-order valence-electron chi connectivity index (χ3n) is 7.70. The van der Waals surface area contributed by atoms with Crippen LogP contribution in [-0.2, 0) is 24.0 Å². The molecule has 2 fully saturated rings. The van der Waals surface area contributed by atoms with E-state index in [0.717, 1.165) is 23.8 Å². The molecule has 0 N–H and O–H groups in total. The Labute approximate surface area is 240 Å². The summed E-state index contributed by atoms with van der Waals surface area (Å²) >= 11 is 0. The van der Waals surface area contributed by atoms with E-state index in [1.165, 1.54) is 54.4 Å². The second kappa shape index (κ2) is 13.8. The lowest BCUT2D eigenvalue weighted by Crippen LogP contribution is -2.35. The molecule has 2 heterocycles. The fourth-order valence-electron chi connectivity index (χ4n) is 5.80. The largest absolute Gasteiger partial charge is 0.494 e. The van der Waals surface area contributed by atoms with Gasteiger partial charge >= 0.3 is 14.2 Å². The van der Waals surface area contributed by atoms with Crippen LogP contribution in [0.5, 0.6) is 0 Å². The molecule has 0 saturated carbocycles. The first-order chi connectivity index (χ1) is 19.8. The van der Waals surface area contributed by atoms with Crippen LogP contribution >= 0.6 is 0 Å². The minimum atomic E-state index is -0.524. The van der Waals surface area contributed by atoms with Crippen molar-refractivity contribution >= 4 is 25.2 Å². The topological polar surface area (TPSA) is 36.9 Å². The second-order valence-electron chi connectivity index (χ2n) is 10.3. The standard InChI is InChI=1S/C34H34B2O4/c1-3-5-7-9-11-13-15-21-34(20-14-12-10-8-6-4-2)32-26-28(35-37-22-23-38-35)16-18-30(32)31-19-17-29(27-33(31)34)36-39-24-25-40-36/h16-19,26-27H,4,6,8,10,12,14,20,22-25H2,1-2H3. The highest BCUT2D eigenvalue weighted by molar-refractivity contribution is 6.62. The number of rotatable bonds is 9. The van der Waals surface area contributed by atoms with E-state index in [-0.39, 0.29) is 14.2 Å². The Balaban J connectivity index is 1.59. The van der Waals surface area contributed by atoms with Crippen LogP contribution in [0.2, 0.25) is 0 Å². The first-order valence-electron chi connectivity index (χ1n) is 14.5. The van der Waals surface area contributed by atoms with Crippen molar-refractivity contribution in [2.45, 2.75) is 64.2 Å². The molecule has 0 radical (unpaired) electrons. The Bertz CT molecular complexity index is 1390. The lowest BCUT2D eigenvalue weighted by Gasteiger charge is -2.27. The van der Waals surface area contributed by atoms with Crippen LogP contribution in [0.3, 0.4) is 0 Å². The van der Waals surface area contributed by atoms with Gasteiger partial charge in [-0.2, -0.15) is 0 Å². The van der Waals surface area contributed by atoms with Crippen LogP contribution in [0.4, 0.5) is 0 Å². The summed E-state index contributed by atoms with van der Waals surface area (Å²) in [6.45, 7) is 6.43. The van der Waals surface area contributed by atoms with Gasteiger partial charge in [0.1, 0.15) is 0 Å². The van der Waals surface area contributed by atoms with E-state index in [1.54, 1.807) is 6.92 Å². The van der Waals surface area contributed by atoms with Crippen molar-refractivity contribution in [2.75, 3.05) is 26.4 Å². The van der Waals surface area contributed by atoms with Crippen molar-refractivity contribution in [3.63, 3.8) is 0 Å². The maximum absolute atomic E-state index is 5.87. The molecule has 0 atom stereocenters. The van der Waals surface area contributed by atoms with E-state index in [4.69, 9.17) is 18.6 Å². The maximum atomic E-state index is 5.87. The van der Waals surface area contributed by atoms with Crippen LogP contribution in [0.25, 0.3) is 11.1 Å². The molecule has 2 aromatic carbocycles. The van der Waals surface area contributed by atoms with Crippen molar-refractivity contribution in [1.29, 1.82) is 0 Å². The van der Waals surface area contributed by atoms with Gasteiger partial charge in [-0.25, -0.2) is 0 Å². The van der Waals surface area contributed by atoms with Crippen LogP contribution in [0.1, 0.15) is 69.9 Å². The van der Waals surface area contributed by atoms with Crippen LogP contribution < -0.4 is 10.9 Å². The summed E-state index contributed by atoms with van der Waals surface area (Å²) in [5.41, 5.74) is 6.30. The number of hydrogen-bond acceptors (Lipinski definition) is 4. The first-order valence-corrected chi connectivity index (χ1v) is 14.5. The van der Waals surface area contributed by atoms with Gasteiger partial charge in [-0.15, -0.1) is 0 Å². The zero-order valence-electron chi connectivity index (χ0n) is 23.5. The Kier molecular flexibility index (Phi) is 9.74. The Hall–Kier alpha value is -3.35. The monoisotopic (exact) mass is 528 g/mol. The third-order valence-corrected chi connectivity index (χ3v) is 7.70. The molecule has 4 nitrogen and oxygen atoms in total. The molecule has 5 rings (SSSR count). The van der Waals surface area contributed by atoms with Crippen molar-refractivity contribution in [3.8, 4) is 58.5 Å². The highest BCUT2D eigenvalue weighted by Gasteiger charge is 2.44. The molecule has 0 spiro atoms. The van der Waals surface area contributed by atoms with E-state index < -0.39 is 5.41 Å². The van der Waals surface area contributed by atoms with Crippen LogP contribution in [0, 0.1) is 47.4 Å². The van der Waals surface area contributed by atoms with E-state index in [1.807, 2.05) is 0 Å². The van der Waals surface area contributed by atoms with Gasteiger partial charge in [0.05, 0.1) is 31.8 Å². The molecule has 3 aliphatic rings. The molecular weight excluding hydrogens is 494 g/mol. The quantitative estimate of drug-likeness (QED) is 0.278. The van der Waals surface area contributed by atoms with Crippen molar-refractivity contribution in [2.24, 2.45) is 0 Å². The minimum absolute atomic E-state index is 0.348. The average molecular weight is 528 g/mol. The molecule has 1 aliphatic carbocycles. The molecule has 6 heteroatoms. The van der Waals surface area contributed by atoms with Crippen LogP contribution in [0.15, 0.2) is 36.4 Å². The van der Waals surface area contributed by atoms with Gasteiger partial charge in [-0.05, 0) is 82.0 Å². The Morgan fingerprint density at radius 1 is 0.650 bits per heavy atom. The summed E-state index contributed by atoms with van der Waals surface area (Å²) < 4.78 is 23.5. The predicted molar refractivity (Wildman–Crippen MR) is 162 cm³/mol. The first kappa shape index (κ1) is 28.2. The van der Waals surface area contributed by atoms with Gasteiger partial charge in [0, 0.05) is 0 Å². The molecule has 0 amide bonds. The van der Waals surface area contributed by atoms with E-state index in [2.05, 4.69) is 90.7 Å². The Morgan fingerprint density at radius 3 is 1.70 bits per heavy atom. The number of unbranched alkanes of at least 4 members (excludes halogenated alkanes) is 5. The summed E-state index contributed by atoms with van der Waals surface area (Å²) in [5.74, 6) is 23.6. The second-order valence-corrected chi connectivity index (χ2v) is 10.3. The summed E-state index contributed by atoms with van der Waals surface area (Å²) in [6.07, 6.45) is 8.16. The molecule has 0 aromatic heterocycles. The smallest absolute Gasteiger partial charge is 0.405 e. The van der Waals surface area contributed by atoms with Gasteiger partial charge in [0.25, 0.3) is 0 Å². The lowest BCUT2D eigenvalue weighted by molar-refractivity contribution is 0.365. The van der Waals surface area contributed by atoms with Crippen LogP contribution in [-0.4, -0.2) is 40.7 Å².